The van der Waals surface area contributed by atoms with Crippen LogP contribution in [0.3, 0.4) is 0 Å². The lowest BCUT2D eigenvalue weighted by Crippen LogP contribution is -2.27. The zero-order valence-corrected chi connectivity index (χ0v) is 19.8. The highest BCUT2D eigenvalue weighted by molar-refractivity contribution is 7.89. The van der Waals surface area contributed by atoms with E-state index >= 15 is 0 Å². The van der Waals surface area contributed by atoms with E-state index in [1.54, 1.807) is 42.5 Å². The molecule has 3 aromatic carbocycles. The Labute approximate surface area is 189 Å². The van der Waals surface area contributed by atoms with E-state index in [1.807, 2.05) is 39.0 Å². The monoisotopic (exact) mass is 452 g/mol. The maximum atomic E-state index is 13.0. The zero-order chi connectivity index (χ0) is 23.5. The Hall–Kier alpha value is -3.16. The van der Waals surface area contributed by atoms with Crippen molar-refractivity contribution in [3.63, 3.8) is 0 Å². The van der Waals surface area contributed by atoms with Gasteiger partial charge in [0, 0.05) is 30.4 Å². The number of ether oxygens (including phenoxy) is 1. The normalized spacial score (nSPS) is 11.4. The molecule has 0 fully saturated rings. The molecule has 0 spiro atoms. The van der Waals surface area contributed by atoms with Gasteiger partial charge in [-0.05, 0) is 68.3 Å². The number of benzene rings is 3. The van der Waals surface area contributed by atoms with Crippen molar-refractivity contribution < 1.29 is 17.9 Å². The molecule has 0 saturated heterocycles. The molecule has 3 rings (SSSR count). The van der Waals surface area contributed by atoms with Gasteiger partial charge in [-0.15, -0.1) is 0 Å². The van der Waals surface area contributed by atoms with E-state index < -0.39 is 10.0 Å². The van der Waals surface area contributed by atoms with Gasteiger partial charge in [-0.25, -0.2) is 8.42 Å². The summed E-state index contributed by atoms with van der Waals surface area (Å²) in [5, 5.41) is 2.94. The van der Waals surface area contributed by atoms with E-state index in [4.69, 9.17) is 4.74 Å². The highest BCUT2D eigenvalue weighted by Gasteiger charge is 2.22. The first kappa shape index (κ1) is 23.5. The van der Waals surface area contributed by atoms with Crippen LogP contribution in [-0.2, 0) is 16.6 Å². The summed E-state index contributed by atoms with van der Waals surface area (Å²) in [5.74, 6) is 0.242. The minimum absolute atomic E-state index is 0.0595. The standard InChI is InChI=1S/C25H28N2O4S/c1-17-7-11-22(12-8-17)32(29,30)27(4)16-21-15-20(10-13-24(21)31-5)25(28)26-23-14-18(2)6-9-19(23)3/h6-15H,16H2,1-5H3,(H,26,28). The molecule has 0 unspecified atom stereocenters. The smallest absolute Gasteiger partial charge is 0.255 e. The second-order valence-corrected chi connectivity index (χ2v) is 9.92. The molecule has 0 bridgehead atoms. The van der Waals surface area contributed by atoms with Gasteiger partial charge in [-0.1, -0.05) is 29.8 Å². The minimum atomic E-state index is -3.69. The second kappa shape index (κ2) is 9.54. The van der Waals surface area contributed by atoms with Crippen LogP contribution in [-0.4, -0.2) is 32.8 Å². The molecule has 0 heterocycles. The lowest BCUT2D eigenvalue weighted by atomic mass is 10.1. The Bertz CT molecular complexity index is 1240. The number of hydrogen-bond acceptors (Lipinski definition) is 4. The first-order chi connectivity index (χ1) is 15.1. The van der Waals surface area contributed by atoms with Gasteiger partial charge in [-0.2, -0.15) is 4.31 Å². The van der Waals surface area contributed by atoms with Crippen molar-refractivity contribution in [1.82, 2.24) is 4.31 Å². The molecule has 168 valence electrons. The molecular formula is C25H28N2O4S. The van der Waals surface area contributed by atoms with Crippen molar-refractivity contribution in [2.75, 3.05) is 19.5 Å². The van der Waals surface area contributed by atoms with Gasteiger partial charge in [0.05, 0.1) is 12.0 Å². The molecule has 1 N–H and O–H groups in total. The molecule has 0 aromatic heterocycles. The van der Waals surface area contributed by atoms with Crippen LogP contribution in [0.2, 0.25) is 0 Å². The molecule has 32 heavy (non-hydrogen) atoms. The number of carbonyl (C=O) groups excluding carboxylic acids is 1. The molecule has 0 saturated carbocycles. The predicted molar refractivity (Wildman–Crippen MR) is 127 cm³/mol. The van der Waals surface area contributed by atoms with Crippen LogP contribution in [0.25, 0.3) is 0 Å². The van der Waals surface area contributed by atoms with E-state index in [9.17, 15) is 13.2 Å². The molecule has 0 radical (unpaired) electrons. The molecule has 7 heteroatoms. The van der Waals surface area contributed by atoms with Crippen LogP contribution >= 0.6 is 0 Å². The van der Waals surface area contributed by atoms with E-state index in [-0.39, 0.29) is 17.3 Å². The second-order valence-electron chi connectivity index (χ2n) is 7.87. The highest BCUT2D eigenvalue weighted by Crippen LogP contribution is 2.25. The first-order valence-electron chi connectivity index (χ1n) is 10.2. The van der Waals surface area contributed by atoms with Gasteiger partial charge in [0.1, 0.15) is 5.75 Å². The van der Waals surface area contributed by atoms with Crippen LogP contribution in [0.4, 0.5) is 5.69 Å². The predicted octanol–water partition coefficient (Wildman–Crippen LogP) is 4.69. The number of sulfonamides is 1. The largest absolute Gasteiger partial charge is 0.496 e. The average Bonchev–Trinajstić information content (AvgIpc) is 2.76. The molecule has 6 nitrogen and oxygen atoms in total. The molecule has 0 aliphatic heterocycles. The van der Waals surface area contributed by atoms with Crippen molar-refractivity contribution in [2.45, 2.75) is 32.2 Å². The average molecular weight is 453 g/mol. The van der Waals surface area contributed by atoms with Crippen LogP contribution in [0.1, 0.15) is 32.6 Å². The summed E-state index contributed by atoms with van der Waals surface area (Å²) in [4.78, 5) is 13.1. The molecular weight excluding hydrogens is 424 g/mol. The number of anilines is 1. The van der Waals surface area contributed by atoms with Gasteiger partial charge < -0.3 is 10.1 Å². The number of hydrogen-bond donors (Lipinski definition) is 1. The third-order valence-corrected chi connectivity index (χ3v) is 7.12. The molecule has 0 aliphatic rings. The summed E-state index contributed by atoms with van der Waals surface area (Å²) >= 11 is 0. The number of carbonyl (C=O) groups is 1. The van der Waals surface area contributed by atoms with Gasteiger partial charge in [0.25, 0.3) is 5.91 Å². The van der Waals surface area contributed by atoms with E-state index in [2.05, 4.69) is 5.32 Å². The summed E-state index contributed by atoms with van der Waals surface area (Å²) in [6, 6.07) is 17.6. The third kappa shape index (κ3) is 5.18. The van der Waals surface area contributed by atoms with E-state index in [0.717, 1.165) is 22.4 Å². The Morgan fingerprint density at radius 2 is 1.59 bits per heavy atom. The topological polar surface area (TPSA) is 75.7 Å². The van der Waals surface area contributed by atoms with Gasteiger partial charge in [-0.3, -0.25) is 4.79 Å². The first-order valence-corrected chi connectivity index (χ1v) is 11.6. The number of rotatable bonds is 7. The van der Waals surface area contributed by atoms with Crippen LogP contribution in [0, 0.1) is 20.8 Å². The number of amides is 1. The van der Waals surface area contributed by atoms with Crippen molar-refractivity contribution in [2.24, 2.45) is 0 Å². The molecule has 0 atom stereocenters. The van der Waals surface area contributed by atoms with Gasteiger partial charge >= 0.3 is 0 Å². The molecule has 0 aliphatic carbocycles. The fourth-order valence-corrected chi connectivity index (χ4v) is 4.47. The fourth-order valence-electron chi connectivity index (χ4n) is 3.32. The summed E-state index contributed by atoms with van der Waals surface area (Å²) in [6.45, 7) is 5.86. The molecule has 1 amide bonds. The summed E-state index contributed by atoms with van der Waals surface area (Å²) < 4.78 is 32.6. The van der Waals surface area contributed by atoms with Crippen LogP contribution in [0.15, 0.2) is 65.6 Å². The number of nitrogens with zero attached hydrogens (tertiary/aromatic N) is 1. The lowest BCUT2D eigenvalue weighted by molar-refractivity contribution is 0.102. The number of nitrogens with one attached hydrogen (secondary N) is 1. The maximum absolute atomic E-state index is 13.0. The molecule has 3 aromatic rings. The Morgan fingerprint density at radius 1 is 0.938 bits per heavy atom. The highest BCUT2D eigenvalue weighted by atomic mass is 32.2. The summed E-state index contributed by atoms with van der Waals surface area (Å²) in [7, 11) is -0.665. The Morgan fingerprint density at radius 3 is 2.25 bits per heavy atom. The zero-order valence-electron chi connectivity index (χ0n) is 19.0. The van der Waals surface area contributed by atoms with Gasteiger partial charge in [0.2, 0.25) is 10.0 Å². The van der Waals surface area contributed by atoms with Crippen LogP contribution in [0.5, 0.6) is 5.75 Å². The van der Waals surface area contributed by atoms with E-state index in [0.29, 0.717) is 16.9 Å². The third-order valence-electron chi connectivity index (χ3n) is 5.31. The van der Waals surface area contributed by atoms with E-state index in [1.165, 1.54) is 18.5 Å². The van der Waals surface area contributed by atoms with Gasteiger partial charge in [0.15, 0.2) is 0 Å². The van der Waals surface area contributed by atoms with Crippen molar-refractivity contribution in [1.29, 1.82) is 0 Å². The fraction of sp³-hybridized carbons (Fsp3) is 0.240. The SMILES string of the molecule is COc1ccc(C(=O)Nc2cc(C)ccc2C)cc1CN(C)S(=O)(=O)c1ccc(C)cc1. The van der Waals surface area contributed by atoms with Crippen molar-refractivity contribution in [3.8, 4) is 5.75 Å². The summed E-state index contributed by atoms with van der Waals surface area (Å²) in [5.41, 5.74) is 4.75. The maximum Gasteiger partial charge on any atom is 0.255 e. The van der Waals surface area contributed by atoms with Crippen molar-refractivity contribution >= 4 is 21.6 Å². The quantitative estimate of drug-likeness (QED) is 0.564. The Balaban J connectivity index is 1.86. The lowest BCUT2D eigenvalue weighted by Gasteiger charge is -2.19. The van der Waals surface area contributed by atoms with Crippen molar-refractivity contribution in [3.05, 3.63) is 88.5 Å². The minimum Gasteiger partial charge on any atom is -0.496 e. The van der Waals surface area contributed by atoms with Crippen LogP contribution < -0.4 is 10.1 Å². The number of methoxy groups -OCH3 is 1. The number of aryl methyl sites for hydroxylation is 3. The Kier molecular flexibility index (Phi) is 7.01. The summed E-state index contributed by atoms with van der Waals surface area (Å²) in [6.07, 6.45) is 0.